The molecule has 0 saturated carbocycles. The maximum absolute atomic E-state index is 11.7. The molecule has 23 heteroatoms. The molecule has 0 aliphatic carbocycles. The molecule has 4 bridgehead atoms. The minimum atomic E-state index is -3.30. The Balaban J connectivity index is 0.000000266. The van der Waals surface area contributed by atoms with E-state index < -0.39 is 82.1 Å². The van der Waals surface area contributed by atoms with Crippen molar-refractivity contribution in [1.82, 2.24) is 0 Å². The van der Waals surface area contributed by atoms with E-state index in [1.165, 1.54) is 0 Å². The summed E-state index contributed by atoms with van der Waals surface area (Å²) in [5.41, 5.74) is -3.20. The van der Waals surface area contributed by atoms with Gasteiger partial charge < -0.3 is 40.1 Å². The Kier molecular flexibility index (Phi) is 15.8. The zero-order chi connectivity index (χ0) is 32.5. The van der Waals surface area contributed by atoms with Crippen LogP contribution in [0.25, 0.3) is 0 Å². The maximum Gasteiger partial charge on any atom is 0.474 e. The third-order valence-corrected chi connectivity index (χ3v) is 9.49. The van der Waals surface area contributed by atoms with E-state index in [1.54, 1.807) is 0 Å². The Morgan fingerprint density at radius 1 is 0.581 bits per heavy atom. The number of fused-ring (bicyclic) bond motifs is 6. The van der Waals surface area contributed by atoms with Gasteiger partial charge in [-0.15, -0.1) is 0 Å². The number of aliphatic hydroxyl groups excluding tert-OH is 6. The fourth-order valence-corrected chi connectivity index (χ4v) is 6.60. The van der Waals surface area contributed by atoms with Gasteiger partial charge in [-0.2, -0.15) is 0 Å². The van der Waals surface area contributed by atoms with Crippen molar-refractivity contribution in [2.45, 2.75) is 0 Å². The highest BCUT2D eigenvalue weighted by molar-refractivity contribution is 8.24. The van der Waals surface area contributed by atoms with Gasteiger partial charge in [-0.05, 0) is 33.7 Å². The van der Waals surface area contributed by atoms with Crippen molar-refractivity contribution in [3.63, 3.8) is 0 Å². The van der Waals surface area contributed by atoms with Crippen LogP contribution in [-0.2, 0) is 50.3 Å². The fourth-order valence-electron chi connectivity index (χ4n) is 3.56. The van der Waals surface area contributed by atoms with Gasteiger partial charge in [0.25, 0.3) is 0 Å². The SMILES string of the molecule is O=P(Cl)(Cl)Cl.O=P12OCC(COCC34COP(=O)(OC3)OC4)(CO1)CO2.OCC(CO)(CO)COCC(CO)(CO)CO. The third kappa shape index (κ3) is 12.2. The number of hydrogen-bond acceptors (Lipinski definition) is 17. The summed E-state index contributed by atoms with van der Waals surface area (Å²) in [7, 11) is -6.59. The standard InChI is InChI=1S/C10H16O9P2.C10H22O7.Cl3OP/c11-20-14-3-9(4-15-20,5-16-20)1-13-2-10-6-17-21(12,18-7-10)19-8-10;11-1-9(2-12,3-13)7-17-8-10(4-14,5-15)6-16;1-5(2,3)4/h1-8H2;11-16H,1-8H2;. The molecule has 0 unspecified atom stereocenters. The van der Waals surface area contributed by atoms with Gasteiger partial charge in [0.15, 0.2) is 0 Å². The first-order valence-electron chi connectivity index (χ1n) is 12.6. The summed E-state index contributed by atoms with van der Waals surface area (Å²) in [6.07, 6.45) is 0. The molecule has 0 spiro atoms. The molecular weight excluding hydrogens is 711 g/mol. The normalized spacial score (nSPS) is 32.0. The predicted molar refractivity (Wildman–Crippen MR) is 150 cm³/mol. The summed E-state index contributed by atoms with van der Waals surface area (Å²) in [5.74, 6) is 0. The van der Waals surface area contributed by atoms with Crippen LogP contribution in [0, 0.1) is 21.7 Å². The molecule has 6 rings (SSSR count). The molecule has 0 aromatic rings. The Bertz CT molecular complexity index is 855. The minimum Gasteiger partial charge on any atom is -0.396 e. The highest BCUT2D eigenvalue weighted by atomic mass is 36.0. The average Bonchev–Trinajstić information content (AvgIpc) is 2.99. The molecule has 6 heterocycles. The summed E-state index contributed by atoms with van der Waals surface area (Å²) in [5, 5.41) is 51.0. The van der Waals surface area contributed by atoms with Gasteiger partial charge >= 0.3 is 20.8 Å². The Morgan fingerprint density at radius 3 is 1.02 bits per heavy atom. The quantitative estimate of drug-likeness (QED) is 0.136. The van der Waals surface area contributed by atoms with Gasteiger partial charge in [0.2, 0.25) is 0 Å². The second-order valence-corrected chi connectivity index (χ2v) is 20.8. The molecule has 43 heavy (non-hydrogen) atoms. The largest absolute Gasteiger partial charge is 0.474 e. The minimum absolute atomic E-state index is 0.141. The maximum atomic E-state index is 11.7. The highest BCUT2D eigenvalue weighted by Gasteiger charge is 2.53. The lowest BCUT2D eigenvalue weighted by Gasteiger charge is -2.46. The number of halogens is 3. The Hall–Kier alpha value is 1.000. The van der Waals surface area contributed by atoms with Crippen molar-refractivity contribution >= 4 is 54.6 Å². The summed E-state index contributed by atoms with van der Waals surface area (Å²) in [4.78, 5) is 0. The van der Waals surface area contributed by atoms with Gasteiger partial charge in [-0.1, -0.05) is 0 Å². The molecule has 6 saturated heterocycles. The van der Waals surface area contributed by atoms with Gasteiger partial charge in [-0.25, -0.2) is 9.13 Å². The second kappa shape index (κ2) is 16.9. The van der Waals surface area contributed by atoms with Crippen molar-refractivity contribution in [2.75, 3.05) is 106 Å². The molecule has 0 aromatic carbocycles. The molecule has 0 atom stereocenters. The fraction of sp³-hybridized carbons (Fsp3) is 1.00. The van der Waals surface area contributed by atoms with Crippen molar-refractivity contribution < 1.29 is 81.0 Å². The first kappa shape index (κ1) is 40.2. The molecule has 0 amide bonds. The van der Waals surface area contributed by atoms with E-state index in [4.69, 9.17) is 67.3 Å². The van der Waals surface area contributed by atoms with Crippen molar-refractivity contribution in [1.29, 1.82) is 0 Å². The van der Waals surface area contributed by atoms with Crippen molar-refractivity contribution in [3.8, 4) is 0 Å². The van der Waals surface area contributed by atoms with Crippen LogP contribution in [0.1, 0.15) is 0 Å². The number of phosphoric acid groups is 2. The van der Waals surface area contributed by atoms with E-state index in [9.17, 15) is 13.7 Å². The van der Waals surface area contributed by atoms with Crippen LogP contribution in [-0.4, -0.2) is 136 Å². The van der Waals surface area contributed by atoms with Crippen molar-refractivity contribution in [2.24, 2.45) is 21.7 Å². The molecule has 0 aromatic heterocycles. The molecule has 6 aliphatic rings. The van der Waals surface area contributed by atoms with Crippen LogP contribution in [0.15, 0.2) is 0 Å². The highest BCUT2D eigenvalue weighted by Crippen LogP contribution is 2.62. The van der Waals surface area contributed by atoms with Crippen LogP contribution < -0.4 is 0 Å². The van der Waals surface area contributed by atoms with E-state index in [1.807, 2.05) is 0 Å². The average molecular weight is 750 g/mol. The molecular formula is C20H38Cl3O17P3. The van der Waals surface area contributed by atoms with E-state index in [0.717, 1.165) is 0 Å². The van der Waals surface area contributed by atoms with Crippen LogP contribution in [0.2, 0.25) is 0 Å². The van der Waals surface area contributed by atoms with E-state index in [0.29, 0.717) is 13.2 Å². The lowest BCUT2D eigenvalue weighted by atomic mass is 9.90. The lowest BCUT2D eigenvalue weighted by Crippen LogP contribution is -2.51. The summed E-state index contributed by atoms with van der Waals surface area (Å²) in [6.45, 7) is -0.600. The van der Waals surface area contributed by atoms with Gasteiger partial charge in [-0.3, -0.25) is 31.7 Å². The number of ether oxygens (including phenoxy) is 2. The van der Waals surface area contributed by atoms with E-state index in [-0.39, 0.29) is 52.9 Å². The number of aliphatic hydroxyl groups is 6. The smallest absolute Gasteiger partial charge is 0.396 e. The van der Waals surface area contributed by atoms with Crippen LogP contribution in [0.3, 0.4) is 0 Å². The molecule has 6 N–H and O–H groups in total. The zero-order valence-electron chi connectivity index (χ0n) is 23.0. The Morgan fingerprint density at radius 2 is 0.814 bits per heavy atom. The molecule has 17 nitrogen and oxygen atoms in total. The van der Waals surface area contributed by atoms with E-state index in [2.05, 4.69) is 33.7 Å². The number of rotatable bonds is 14. The predicted octanol–water partition coefficient (Wildman–Crippen LogP) is 1.09. The second-order valence-electron chi connectivity index (χ2n) is 10.9. The van der Waals surface area contributed by atoms with Gasteiger partial charge in [0, 0.05) is 0 Å². The molecule has 256 valence electrons. The number of hydrogen-bond donors (Lipinski definition) is 6. The molecule has 6 aliphatic heterocycles. The zero-order valence-corrected chi connectivity index (χ0v) is 27.9. The first-order chi connectivity index (χ1) is 20.0. The summed E-state index contributed by atoms with van der Waals surface area (Å²) in [6, 6.07) is 0. The van der Waals surface area contributed by atoms with Crippen LogP contribution in [0.5, 0.6) is 0 Å². The summed E-state index contributed by atoms with van der Waals surface area (Å²) >= 11 is 13.8. The monoisotopic (exact) mass is 748 g/mol. The lowest BCUT2D eigenvalue weighted by molar-refractivity contribution is -0.159. The summed E-state index contributed by atoms with van der Waals surface area (Å²) < 4.78 is 74.3. The number of phosphoric ester groups is 2. The third-order valence-electron chi connectivity index (χ3n) is 6.82. The molecule has 0 radical (unpaired) electrons. The first-order valence-corrected chi connectivity index (χ1v) is 19.9. The molecule has 6 fully saturated rings. The van der Waals surface area contributed by atoms with Crippen LogP contribution in [0.4, 0.5) is 0 Å². The van der Waals surface area contributed by atoms with Gasteiger partial charge in [0.1, 0.15) is 0 Å². The van der Waals surface area contributed by atoms with Crippen LogP contribution >= 0.6 is 54.6 Å². The topological polar surface area (TPSA) is 246 Å². The van der Waals surface area contributed by atoms with E-state index >= 15 is 0 Å². The van der Waals surface area contributed by atoms with Crippen molar-refractivity contribution in [3.05, 3.63) is 0 Å². The Labute approximate surface area is 262 Å². The van der Waals surface area contributed by atoms with Gasteiger partial charge in [0.05, 0.1) is 127 Å².